The Kier molecular flexibility index (Phi) is 10.4. The van der Waals surface area contributed by atoms with E-state index in [-0.39, 0.29) is 0 Å². The van der Waals surface area contributed by atoms with E-state index >= 15 is 0 Å². The van der Waals surface area contributed by atoms with Crippen molar-refractivity contribution in [1.82, 2.24) is 0 Å². The van der Waals surface area contributed by atoms with Gasteiger partial charge in [0, 0.05) is 11.2 Å². The summed E-state index contributed by atoms with van der Waals surface area (Å²) in [6.07, 6.45) is 0. The first kappa shape index (κ1) is 18.7. The fourth-order valence-electron chi connectivity index (χ4n) is 0.906. The van der Waals surface area contributed by atoms with E-state index in [1.807, 2.05) is 60.7 Å². The van der Waals surface area contributed by atoms with Gasteiger partial charge < -0.3 is 9.79 Å². The molecule has 0 amide bonds. The topological polar surface area (TPSA) is 57.5 Å². The Bertz CT molecular complexity index is 442. The van der Waals surface area contributed by atoms with Gasteiger partial charge in [-0.25, -0.2) is 4.57 Å². The monoisotopic (exact) mass is 336 g/mol. The van der Waals surface area contributed by atoms with Crippen LogP contribution in [0.4, 0.5) is 0 Å². The van der Waals surface area contributed by atoms with E-state index in [0.29, 0.717) is 0 Å². The molecule has 2 unspecified atom stereocenters. The zero-order valence-corrected chi connectivity index (χ0v) is 14.0. The molecule has 0 aliphatic rings. The molecule has 0 saturated heterocycles. The van der Waals surface area contributed by atoms with Crippen LogP contribution in [-0.4, -0.2) is 9.79 Å². The third kappa shape index (κ3) is 17.7. The van der Waals surface area contributed by atoms with Crippen LogP contribution in [-0.2, 0) is 4.57 Å². The Hall–Kier alpha value is -0.260. The molecule has 2 atom stereocenters. The van der Waals surface area contributed by atoms with E-state index in [2.05, 4.69) is 29.7 Å². The van der Waals surface area contributed by atoms with Gasteiger partial charge in [0.05, 0.1) is 0 Å². The lowest BCUT2D eigenvalue weighted by Crippen LogP contribution is -1.82. The van der Waals surface area contributed by atoms with Crippen LogP contribution in [0, 0.1) is 0 Å². The zero-order valence-electron chi connectivity index (χ0n) is 10.1. The van der Waals surface area contributed by atoms with Gasteiger partial charge >= 0.3 is 6.95 Å². The number of hydrogen-bond acceptors (Lipinski definition) is 1. The van der Waals surface area contributed by atoms with Gasteiger partial charge in [-0.15, -0.1) is 18.5 Å². The van der Waals surface area contributed by atoms with Crippen molar-refractivity contribution in [1.29, 1.82) is 0 Å². The Labute approximate surface area is 122 Å². The van der Waals surface area contributed by atoms with Crippen LogP contribution in [0.5, 0.6) is 0 Å². The second-order valence-corrected chi connectivity index (χ2v) is 6.89. The zero-order chi connectivity index (χ0) is 14.7. The molecule has 7 heteroatoms. The summed E-state index contributed by atoms with van der Waals surface area (Å²) in [7, 11) is 5.26. The van der Waals surface area contributed by atoms with Crippen LogP contribution in [0.15, 0.2) is 60.7 Å². The maximum atomic E-state index is 9.09. The third-order valence-corrected chi connectivity index (χ3v) is 2.37. The maximum Gasteiger partial charge on any atom is 0.419 e. The van der Waals surface area contributed by atoms with Crippen molar-refractivity contribution >= 4 is 47.3 Å². The standard InChI is InChI=1S/2C6H7P.ClH2O3P/c2*7-6-4-2-1-3-5-6;1-5(2,3)4/h2*1-5H,7H2;(H2,2,3,4). The molecule has 0 aromatic heterocycles. The molecule has 19 heavy (non-hydrogen) atoms. The van der Waals surface area contributed by atoms with Gasteiger partial charge in [0.15, 0.2) is 0 Å². The van der Waals surface area contributed by atoms with Crippen molar-refractivity contribution in [2.45, 2.75) is 0 Å². The maximum absolute atomic E-state index is 9.09. The summed E-state index contributed by atoms with van der Waals surface area (Å²) in [5.74, 6) is 0. The Balaban J connectivity index is 0.000000261. The first-order valence-corrected chi connectivity index (χ1v) is 8.82. The number of hydrogen-bond donors (Lipinski definition) is 2. The molecular weight excluding hydrogens is 321 g/mol. The van der Waals surface area contributed by atoms with Crippen LogP contribution in [0.1, 0.15) is 0 Å². The number of rotatable bonds is 0. The van der Waals surface area contributed by atoms with E-state index in [1.165, 1.54) is 10.6 Å². The van der Waals surface area contributed by atoms with Gasteiger partial charge in [0.1, 0.15) is 0 Å². The van der Waals surface area contributed by atoms with Crippen molar-refractivity contribution in [2.75, 3.05) is 0 Å². The van der Waals surface area contributed by atoms with Crippen LogP contribution in [0.25, 0.3) is 0 Å². The summed E-state index contributed by atoms with van der Waals surface area (Å²) in [5.41, 5.74) is 0. The van der Waals surface area contributed by atoms with Crippen LogP contribution in [0.2, 0.25) is 0 Å². The predicted octanol–water partition coefficient (Wildman–Crippen LogP) is 2.69. The fraction of sp³-hybridized carbons (Fsp3) is 0. The lowest BCUT2D eigenvalue weighted by atomic mass is 10.4. The van der Waals surface area contributed by atoms with Gasteiger partial charge in [-0.2, -0.15) is 0 Å². The molecule has 0 fully saturated rings. The fourth-order valence-corrected chi connectivity index (χ4v) is 1.35. The van der Waals surface area contributed by atoms with Gasteiger partial charge in [0.25, 0.3) is 0 Å². The van der Waals surface area contributed by atoms with Gasteiger partial charge in [-0.3, -0.25) is 0 Å². The Morgan fingerprint density at radius 3 is 1.11 bits per heavy atom. The van der Waals surface area contributed by atoms with Crippen molar-refractivity contribution < 1.29 is 14.4 Å². The van der Waals surface area contributed by atoms with E-state index in [0.717, 1.165) is 0 Å². The van der Waals surface area contributed by atoms with Crippen molar-refractivity contribution in [3.8, 4) is 0 Å². The second kappa shape index (κ2) is 10.5. The minimum Gasteiger partial charge on any atom is -0.313 e. The minimum atomic E-state index is -4.17. The molecule has 0 bridgehead atoms. The van der Waals surface area contributed by atoms with Gasteiger partial charge in [0.2, 0.25) is 0 Å². The van der Waals surface area contributed by atoms with Gasteiger partial charge in [-0.05, 0) is 10.6 Å². The molecule has 0 spiro atoms. The van der Waals surface area contributed by atoms with Gasteiger partial charge in [-0.1, -0.05) is 60.7 Å². The summed E-state index contributed by atoms with van der Waals surface area (Å²) in [5, 5.41) is 2.48. The highest BCUT2D eigenvalue weighted by molar-refractivity contribution is 7.79. The van der Waals surface area contributed by atoms with E-state index in [4.69, 9.17) is 14.4 Å². The van der Waals surface area contributed by atoms with Crippen LogP contribution >= 0.6 is 36.7 Å². The van der Waals surface area contributed by atoms with E-state index in [1.54, 1.807) is 0 Å². The lowest BCUT2D eigenvalue weighted by molar-refractivity contribution is 0.395. The smallest absolute Gasteiger partial charge is 0.313 e. The minimum absolute atomic E-state index is 1.24. The third-order valence-electron chi connectivity index (χ3n) is 1.60. The molecule has 0 heterocycles. The molecule has 0 radical (unpaired) electrons. The summed E-state index contributed by atoms with van der Waals surface area (Å²) in [6, 6.07) is 20.3. The van der Waals surface area contributed by atoms with E-state index in [9.17, 15) is 0 Å². The Morgan fingerprint density at radius 1 is 0.789 bits per heavy atom. The molecule has 2 aromatic carbocycles. The molecule has 2 aromatic rings. The first-order valence-electron chi connectivity index (χ1n) is 5.15. The molecule has 3 nitrogen and oxygen atoms in total. The predicted molar refractivity (Wildman–Crippen MR) is 89.5 cm³/mol. The SMILES string of the molecule is O=P(O)(O)Cl.Pc1ccccc1.Pc1ccccc1. The number of benzene rings is 2. The van der Waals surface area contributed by atoms with Crippen molar-refractivity contribution in [3.05, 3.63) is 60.7 Å². The lowest BCUT2D eigenvalue weighted by Gasteiger charge is -1.82. The molecule has 0 saturated carbocycles. The summed E-state index contributed by atoms with van der Waals surface area (Å²) in [6.45, 7) is -4.17. The molecule has 104 valence electrons. The largest absolute Gasteiger partial charge is 0.419 e. The second-order valence-electron chi connectivity index (χ2n) is 3.29. The highest BCUT2D eigenvalue weighted by Gasteiger charge is 2.01. The highest BCUT2D eigenvalue weighted by atomic mass is 35.7. The summed E-state index contributed by atoms with van der Waals surface area (Å²) < 4.78 is 9.09. The van der Waals surface area contributed by atoms with Crippen molar-refractivity contribution in [3.63, 3.8) is 0 Å². The Morgan fingerprint density at radius 2 is 1.00 bits per heavy atom. The van der Waals surface area contributed by atoms with Crippen LogP contribution in [0.3, 0.4) is 0 Å². The molecule has 0 aliphatic heterocycles. The molecule has 2 rings (SSSR count). The van der Waals surface area contributed by atoms with Crippen molar-refractivity contribution in [2.24, 2.45) is 0 Å². The normalized spacial score (nSPS) is 9.53. The quantitative estimate of drug-likeness (QED) is 0.727. The molecule has 2 N–H and O–H groups in total. The average Bonchev–Trinajstić information content (AvgIpc) is 2.29. The highest BCUT2D eigenvalue weighted by Crippen LogP contribution is 2.39. The summed E-state index contributed by atoms with van der Waals surface area (Å²) >= 11 is 4.20. The first-order chi connectivity index (χ1) is 8.79. The number of halogens is 1. The average molecular weight is 337 g/mol. The molecular formula is C12H16ClO3P3. The molecule has 0 aliphatic carbocycles. The van der Waals surface area contributed by atoms with Crippen LogP contribution < -0.4 is 10.6 Å². The summed E-state index contributed by atoms with van der Waals surface area (Å²) in [4.78, 5) is 14.8. The van der Waals surface area contributed by atoms with E-state index < -0.39 is 6.95 Å².